The molecule has 0 N–H and O–H groups in total. The molecule has 124 valence electrons. The van der Waals surface area contributed by atoms with Gasteiger partial charge in [0.25, 0.3) is 0 Å². The van der Waals surface area contributed by atoms with E-state index in [1.54, 1.807) is 12.1 Å². The molecular formula is C18H21O4S-. The molecule has 0 aromatic heterocycles. The van der Waals surface area contributed by atoms with Crippen molar-refractivity contribution in [1.29, 1.82) is 0 Å². The van der Waals surface area contributed by atoms with Crippen LogP contribution in [0.3, 0.4) is 0 Å². The van der Waals surface area contributed by atoms with E-state index < -0.39 is 10.1 Å². The topological polar surface area (TPSA) is 66.4 Å². The maximum atomic E-state index is 10.9. The monoisotopic (exact) mass is 333 g/mol. The van der Waals surface area contributed by atoms with Crippen molar-refractivity contribution in [3.05, 3.63) is 65.2 Å². The zero-order valence-corrected chi connectivity index (χ0v) is 14.2. The predicted molar refractivity (Wildman–Crippen MR) is 88.0 cm³/mol. The highest BCUT2D eigenvalue weighted by molar-refractivity contribution is 7.85. The normalized spacial score (nSPS) is 13.0. The molecule has 0 saturated heterocycles. The summed E-state index contributed by atoms with van der Waals surface area (Å²) in [6, 6.07) is 14.2. The highest BCUT2D eigenvalue weighted by atomic mass is 32.2. The van der Waals surface area contributed by atoms with E-state index in [0.29, 0.717) is 19.1 Å². The van der Waals surface area contributed by atoms with Crippen LogP contribution in [0.1, 0.15) is 42.9 Å². The van der Waals surface area contributed by atoms with Gasteiger partial charge in [0.05, 0.1) is 18.1 Å². The number of ether oxygens (including phenoxy) is 1. The van der Waals surface area contributed by atoms with Crippen LogP contribution in [0.2, 0.25) is 0 Å². The summed E-state index contributed by atoms with van der Waals surface area (Å²) >= 11 is 0. The summed E-state index contributed by atoms with van der Waals surface area (Å²) in [5.41, 5.74) is 3.25. The van der Waals surface area contributed by atoms with Gasteiger partial charge in [0.2, 0.25) is 0 Å². The van der Waals surface area contributed by atoms with Gasteiger partial charge in [-0.2, -0.15) is 0 Å². The Bertz CT molecular complexity index is 736. The Balaban J connectivity index is 1.92. The Morgan fingerprint density at radius 1 is 1.04 bits per heavy atom. The van der Waals surface area contributed by atoms with E-state index in [0.717, 1.165) is 17.5 Å². The molecule has 2 aromatic rings. The first kappa shape index (κ1) is 17.7. The minimum absolute atomic E-state index is 0.220. The van der Waals surface area contributed by atoms with E-state index >= 15 is 0 Å². The molecule has 0 aliphatic rings. The Kier molecular flexibility index (Phi) is 5.93. The van der Waals surface area contributed by atoms with Crippen LogP contribution in [-0.4, -0.2) is 13.0 Å². The van der Waals surface area contributed by atoms with Crippen molar-refractivity contribution in [3.8, 4) is 0 Å². The minimum Gasteiger partial charge on any atom is -0.744 e. The van der Waals surface area contributed by atoms with E-state index in [9.17, 15) is 13.0 Å². The summed E-state index contributed by atoms with van der Waals surface area (Å²) in [5, 5.41) is 0. The summed E-state index contributed by atoms with van der Waals surface area (Å²) < 4.78 is 38.3. The highest BCUT2D eigenvalue weighted by Gasteiger charge is 2.04. The van der Waals surface area contributed by atoms with Crippen molar-refractivity contribution in [2.75, 3.05) is 0 Å². The Labute approximate surface area is 137 Å². The Hall–Kier alpha value is -1.69. The average molecular weight is 333 g/mol. The summed E-state index contributed by atoms with van der Waals surface area (Å²) in [4.78, 5) is -0.220. The first-order chi connectivity index (χ1) is 10.9. The van der Waals surface area contributed by atoms with Gasteiger partial charge in [-0.3, -0.25) is 0 Å². The molecule has 2 rings (SSSR count). The second-order valence-corrected chi connectivity index (χ2v) is 7.02. The summed E-state index contributed by atoms with van der Waals surface area (Å²) in [6.45, 7) is 5.23. The molecule has 23 heavy (non-hydrogen) atoms. The lowest BCUT2D eigenvalue weighted by Crippen LogP contribution is -2.00. The van der Waals surface area contributed by atoms with Crippen LogP contribution in [-0.2, 0) is 28.1 Å². The average Bonchev–Trinajstić information content (AvgIpc) is 2.54. The Morgan fingerprint density at radius 3 is 2.30 bits per heavy atom. The molecule has 2 aromatic carbocycles. The second-order valence-electron chi connectivity index (χ2n) is 5.65. The SMILES string of the molecule is CCC(C)c1cccc(COCc2ccc(S(=O)(=O)[O-])cc2)c1. The van der Waals surface area contributed by atoms with Crippen LogP contribution in [0.5, 0.6) is 0 Å². The van der Waals surface area contributed by atoms with Crippen LogP contribution in [0.25, 0.3) is 0 Å². The van der Waals surface area contributed by atoms with Crippen LogP contribution < -0.4 is 0 Å². The lowest BCUT2D eigenvalue weighted by Gasteiger charge is -2.11. The molecule has 0 radical (unpaired) electrons. The van der Waals surface area contributed by atoms with Gasteiger partial charge in [0.15, 0.2) is 0 Å². The fraction of sp³-hybridized carbons (Fsp3) is 0.333. The zero-order chi connectivity index (χ0) is 16.9. The summed E-state index contributed by atoms with van der Waals surface area (Å²) in [5.74, 6) is 0.525. The third kappa shape index (κ3) is 5.16. The van der Waals surface area contributed by atoms with Crippen LogP contribution >= 0.6 is 0 Å². The molecule has 0 saturated carbocycles. The molecule has 1 unspecified atom stereocenters. The zero-order valence-electron chi connectivity index (χ0n) is 13.4. The maximum Gasteiger partial charge on any atom is 0.124 e. The van der Waals surface area contributed by atoms with E-state index in [1.165, 1.54) is 17.7 Å². The molecule has 0 heterocycles. The van der Waals surface area contributed by atoms with Crippen molar-refractivity contribution in [3.63, 3.8) is 0 Å². The smallest absolute Gasteiger partial charge is 0.124 e. The van der Waals surface area contributed by atoms with E-state index in [4.69, 9.17) is 4.74 Å². The first-order valence-corrected chi connectivity index (χ1v) is 9.02. The van der Waals surface area contributed by atoms with E-state index in [2.05, 4.69) is 26.0 Å². The molecule has 5 heteroatoms. The van der Waals surface area contributed by atoms with Crippen LogP contribution in [0.15, 0.2) is 53.4 Å². The molecule has 0 spiro atoms. The van der Waals surface area contributed by atoms with Gasteiger partial charge in [-0.15, -0.1) is 0 Å². The van der Waals surface area contributed by atoms with Crippen molar-refractivity contribution < 1.29 is 17.7 Å². The number of hydrogen-bond donors (Lipinski definition) is 0. The largest absolute Gasteiger partial charge is 0.744 e. The lowest BCUT2D eigenvalue weighted by atomic mass is 9.97. The number of hydrogen-bond acceptors (Lipinski definition) is 4. The number of rotatable bonds is 7. The quantitative estimate of drug-likeness (QED) is 0.722. The third-order valence-corrected chi connectivity index (χ3v) is 4.73. The van der Waals surface area contributed by atoms with Crippen LogP contribution in [0, 0.1) is 0 Å². The van der Waals surface area contributed by atoms with Crippen LogP contribution in [0.4, 0.5) is 0 Å². The maximum absolute atomic E-state index is 10.9. The molecule has 0 bridgehead atoms. The fourth-order valence-electron chi connectivity index (χ4n) is 2.26. The van der Waals surface area contributed by atoms with Gasteiger partial charge in [-0.1, -0.05) is 50.2 Å². The van der Waals surface area contributed by atoms with Gasteiger partial charge in [0, 0.05) is 0 Å². The van der Waals surface area contributed by atoms with Gasteiger partial charge in [-0.25, -0.2) is 8.42 Å². The number of benzene rings is 2. The predicted octanol–water partition coefficient (Wildman–Crippen LogP) is 3.82. The molecule has 0 fully saturated rings. The standard InChI is InChI=1S/C18H22O4S/c1-3-14(2)17-6-4-5-16(11-17)13-22-12-15-7-9-18(10-8-15)23(19,20)21/h4-11,14H,3,12-13H2,1-2H3,(H,19,20,21)/p-1. The molecule has 0 aliphatic heterocycles. The molecule has 4 nitrogen and oxygen atoms in total. The summed E-state index contributed by atoms with van der Waals surface area (Å²) in [7, 11) is -4.39. The molecular weight excluding hydrogens is 312 g/mol. The molecule has 0 amide bonds. The van der Waals surface area contributed by atoms with Crippen molar-refractivity contribution in [1.82, 2.24) is 0 Å². The van der Waals surface area contributed by atoms with Gasteiger partial charge >= 0.3 is 0 Å². The lowest BCUT2D eigenvalue weighted by molar-refractivity contribution is 0.107. The highest BCUT2D eigenvalue weighted by Crippen LogP contribution is 2.20. The molecule has 1 atom stereocenters. The van der Waals surface area contributed by atoms with Crippen molar-refractivity contribution in [2.45, 2.75) is 44.3 Å². The second kappa shape index (κ2) is 7.73. The summed E-state index contributed by atoms with van der Waals surface area (Å²) in [6.07, 6.45) is 1.10. The third-order valence-electron chi connectivity index (χ3n) is 3.88. The first-order valence-electron chi connectivity index (χ1n) is 7.61. The van der Waals surface area contributed by atoms with Crippen molar-refractivity contribution >= 4 is 10.1 Å². The van der Waals surface area contributed by atoms with Gasteiger partial charge < -0.3 is 9.29 Å². The fourth-order valence-corrected chi connectivity index (χ4v) is 2.73. The van der Waals surface area contributed by atoms with E-state index in [1.807, 2.05) is 12.1 Å². The minimum atomic E-state index is -4.39. The molecule has 0 aliphatic carbocycles. The van der Waals surface area contributed by atoms with Gasteiger partial charge in [0.1, 0.15) is 10.1 Å². The van der Waals surface area contributed by atoms with Crippen molar-refractivity contribution in [2.24, 2.45) is 0 Å². The van der Waals surface area contributed by atoms with E-state index in [-0.39, 0.29) is 4.90 Å². The van der Waals surface area contributed by atoms with Gasteiger partial charge in [-0.05, 0) is 41.2 Å². The Morgan fingerprint density at radius 2 is 1.70 bits per heavy atom.